The number of hydrogen-bond donors (Lipinski definition) is 0. The highest BCUT2D eigenvalue weighted by Gasteiger charge is 2.16. The number of carbonyl (C=O) groups is 1. The van der Waals surface area contributed by atoms with Gasteiger partial charge in [-0.2, -0.15) is 4.98 Å². The Morgan fingerprint density at radius 2 is 2.08 bits per heavy atom. The Balaban J connectivity index is 1.64. The predicted octanol–water partition coefficient (Wildman–Crippen LogP) is 3.93. The first-order valence-electron chi connectivity index (χ1n) is 7.81. The molecule has 2 aromatic heterocycles. The van der Waals surface area contributed by atoms with Gasteiger partial charge in [0.2, 0.25) is 5.82 Å². The van der Waals surface area contributed by atoms with Crippen LogP contribution in [0.2, 0.25) is 0 Å². The van der Waals surface area contributed by atoms with Crippen molar-refractivity contribution in [2.45, 2.75) is 26.9 Å². The Bertz CT molecular complexity index is 946. The van der Waals surface area contributed by atoms with Crippen LogP contribution in [0.5, 0.6) is 0 Å². The van der Waals surface area contributed by atoms with Crippen LogP contribution in [0, 0.1) is 17.0 Å². The first-order chi connectivity index (χ1) is 12.5. The van der Waals surface area contributed by atoms with Crippen LogP contribution >= 0.6 is 11.3 Å². The standard InChI is InChI=1S/C17H15N3O5S/c1-3-11-8-14(26-10(11)2)17(21)24-9-15-18-16(19-25-15)12-4-6-13(7-5-12)20(22)23/h4-8H,3,9H2,1-2H3. The zero-order valence-corrected chi connectivity index (χ0v) is 14.9. The predicted molar refractivity (Wildman–Crippen MR) is 93.9 cm³/mol. The number of hydrogen-bond acceptors (Lipinski definition) is 8. The van der Waals surface area contributed by atoms with E-state index in [2.05, 4.69) is 10.1 Å². The van der Waals surface area contributed by atoms with Crippen molar-refractivity contribution in [3.8, 4) is 11.4 Å². The van der Waals surface area contributed by atoms with Gasteiger partial charge in [-0.15, -0.1) is 11.3 Å². The Labute approximate surface area is 152 Å². The number of thiophene rings is 1. The summed E-state index contributed by atoms with van der Waals surface area (Å²) in [4.78, 5) is 28.1. The van der Waals surface area contributed by atoms with Crippen molar-refractivity contribution in [3.05, 3.63) is 61.7 Å². The van der Waals surface area contributed by atoms with E-state index >= 15 is 0 Å². The van der Waals surface area contributed by atoms with E-state index in [4.69, 9.17) is 9.26 Å². The molecule has 1 aromatic carbocycles. The van der Waals surface area contributed by atoms with Gasteiger partial charge in [0.15, 0.2) is 6.61 Å². The first-order valence-corrected chi connectivity index (χ1v) is 8.63. The molecule has 0 radical (unpaired) electrons. The maximum absolute atomic E-state index is 12.1. The number of ether oxygens (including phenoxy) is 1. The molecule has 0 aliphatic carbocycles. The van der Waals surface area contributed by atoms with Gasteiger partial charge in [-0.25, -0.2) is 4.79 Å². The number of nitro groups is 1. The molecule has 0 N–H and O–H groups in total. The average Bonchev–Trinajstić information content (AvgIpc) is 3.26. The molecule has 0 saturated carbocycles. The zero-order chi connectivity index (χ0) is 18.7. The van der Waals surface area contributed by atoms with Gasteiger partial charge in [0.1, 0.15) is 4.88 Å². The minimum atomic E-state index is -0.485. The van der Waals surface area contributed by atoms with E-state index in [1.165, 1.54) is 35.6 Å². The summed E-state index contributed by atoms with van der Waals surface area (Å²) in [5.41, 5.74) is 1.67. The van der Waals surface area contributed by atoms with E-state index in [-0.39, 0.29) is 24.0 Å². The Morgan fingerprint density at radius 3 is 2.69 bits per heavy atom. The number of carbonyl (C=O) groups excluding carboxylic acids is 1. The minimum Gasteiger partial charge on any atom is -0.451 e. The SMILES string of the molecule is CCc1cc(C(=O)OCc2nc(-c3ccc([N+](=O)[O-])cc3)no2)sc1C. The lowest BCUT2D eigenvalue weighted by Gasteiger charge is -1.98. The van der Waals surface area contributed by atoms with Gasteiger partial charge in [-0.3, -0.25) is 10.1 Å². The summed E-state index contributed by atoms with van der Waals surface area (Å²) in [5.74, 6) is -0.0187. The number of benzene rings is 1. The lowest BCUT2D eigenvalue weighted by molar-refractivity contribution is -0.384. The number of nitrogens with zero attached hydrogens (tertiary/aromatic N) is 3. The van der Waals surface area contributed by atoms with Crippen molar-refractivity contribution in [1.29, 1.82) is 0 Å². The van der Waals surface area contributed by atoms with E-state index in [1.54, 1.807) is 0 Å². The van der Waals surface area contributed by atoms with Crippen LogP contribution in [-0.4, -0.2) is 21.0 Å². The molecule has 0 aliphatic heterocycles. The van der Waals surface area contributed by atoms with Gasteiger partial charge < -0.3 is 9.26 Å². The van der Waals surface area contributed by atoms with E-state index in [9.17, 15) is 14.9 Å². The molecule has 3 aromatic rings. The summed E-state index contributed by atoms with van der Waals surface area (Å²) in [5, 5.41) is 14.5. The molecule has 3 rings (SSSR count). The Morgan fingerprint density at radius 1 is 1.35 bits per heavy atom. The van der Waals surface area contributed by atoms with Gasteiger partial charge in [-0.05, 0) is 37.1 Å². The third-order valence-corrected chi connectivity index (χ3v) is 4.81. The highest BCUT2D eigenvalue weighted by molar-refractivity contribution is 7.14. The normalized spacial score (nSPS) is 10.7. The van der Waals surface area contributed by atoms with Crippen molar-refractivity contribution in [2.75, 3.05) is 0 Å². The smallest absolute Gasteiger partial charge is 0.348 e. The molecule has 8 nitrogen and oxygen atoms in total. The summed E-state index contributed by atoms with van der Waals surface area (Å²) in [6.07, 6.45) is 0.859. The minimum absolute atomic E-state index is 0.0240. The van der Waals surface area contributed by atoms with Gasteiger partial charge in [0, 0.05) is 22.6 Å². The van der Waals surface area contributed by atoms with Gasteiger partial charge in [0.05, 0.1) is 4.92 Å². The molecule has 0 saturated heterocycles. The topological polar surface area (TPSA) is 108 Å². The van der Waals surface area contributed by atoms with Crippen LogP contribution in [0.15, 0.2) is 34.9 Å². The second-order valence-corrected chi connectivity index (χ2v) is 6.69. The summed E-state index contributed by atoms with van der Waals surface area (Å²) in [6, 6.07) is 7.60. The molecule has 0 bridgehead atoms. The lowest BCUT2D eigenvalue weighted by atomic mass is 10.2. The Kier molecular flexibility index (Phi) is 5.08. The molecular weight excluding hydrogens is 358 g/mol. The molecule has 0 unspecified atom stereocenters. The van der Waals surface area contributed by atoms with Crippen molar-refractivity contribution >= 4 is 23.0 Å². The first kappa shape index (κ1) is 17.7. The molecule has 0 fully saturated rings. The molecule has 9 heteroatoms. The summed E-state index contributed by atoms with van der Waals surface area (Å²) in [6.45, 7) is 3.86. The Hall–Kier alpha value is -3.07. The van der Waals surface area contributed by atoms with Crippen LogP contribution in [0.4, 0.5) is 5.69 Å². The number of rotatable bonds is 6. The quantitative estimate of drug-likeness (QED) is 0.366. The fourth-order valence-corrected chi connectivity index (χ4v) is 3.34. The zero-order valence-electron chi connectivity index (χ0n) is 14.1. The monoisotopic (exact) mass is 373 g/mol. The lowest BCUT2D eigenvalue weighted by Crippen LogP contribution is -2.03. The van der Waals surface area contributed by atoms with Gasteiger partial charge in [0.25, 0.3) is 11.6 Å². The second kappa shape index (κ2) is 7.44. The average molecular weight is 373 g/mol. The number of aryl methyl sites for hydroxylation is 2. The van der Waals surface area contributed by atoms with Crippen LogP contribution in [0.3, 0.4) is 0 Å². The number of aromatic nitrogens is 2. The maximum Gasteiger partial charge on any atom is 0.348 e. The van der Waals surface area contributed by atoms with Crippen molar-refractivity contribution in [3.63, 3.8) is 0 Å². The molecule has 0 spiro atoms. The van der Waals surface area contributed by atoms with Crippen LogP contribution in [0.25, 0.3) is 11.4 Å². The van der Waals surface area contributed by atoms with E-state index in [0.29, 0.717) is 10.4 Å². The number of esters is 1. The van der Waals surface area contributed by atoms with E-state index in [0.717, 1.165) is 16.9 Å². The molecular formula is C17H15N3O5S. The van der Waals surface area contributed by atoms with Crippen LogP contribution in [0.1, 0.15) is 32.9 Å². The van der Waals surface area contributed by atoms with Gasteiger partial charge >= 0.3 is 5.97 Å². The largest absolute Gasteiger partial charge is 0.451 e. The fraction of sp³-hybridized carbons (Fsp3) is 0.235. The molecule has 0 aliphatic rings. The van der Waals surface area contributed by atoms with Gasteiger partial charge in [-0.1, -0.05) is 12.1 Å². The van der Waals surface area contributed by atoms with Crippen LogP contribution in [-0.2, 0) is 17.8 Å². The summed E-state index contributed by atoms with van der Waals surface area (Å²) >= 11 is 1.39. The fourth-order valence-electron chi connectivity index (χ4n) is 2.33. The van der Waals surface area contributed by atoms with E-state index < -0.39 is 10.9 Å². The molecule has 26 heavy (non-hydrogen) atoms. The van der Waals surface area contributed by atoms with Crippen molar-refractivity contribution in [1.82, 2.24) is 10.1 Å². The highest BCUT2D eigenvalue weighted by Crippen LogP contribution is 2.23. The second-order valence-electron chi connectivity index (χ2n) is 5.44. The van der Waals surface area contributed by atoms with Crippen LogP contribution < -0.4 is 0 Å². The highest BCUT2D eigenvalue weighted by atomic mass is 32.1. The molecule has 0 atom stereocenters. The maximum atomic E-state index is 12.1. The third-order valence-electron chi connectivity index (χ3n) is 3.73. The van der Waals surface area contributed by atoms with Crippen molar-refractivity contribution in [2.24, 2.45) is 0 Å². The molecule has 2 heterocycles. The van der Waals surface area contributed by atoms with E-state index in [1.807, 2.05) is 19.9 Å². The number of nitro benzene ring substituents is 1. The van der Waals surface area contributed by atoms with Crippen molar-refractivity contribution < 1.29 is 19.0 Å². The third kappa shape index (κ3) is 3.77. The summed E-state index contributed by atoms with van der Waals surface area (Å²) < 4.78 is 10.3. The molecule has 134 valence electrons. The molecule has 0 amide bonds. The number of non-ortho nitro benzene ring substituents is 1. The summed E-state index contributed by atoms with van der Waals surface area (Å²) in [7, 11) is 0.